The molecule has 0 aromatic heterocycles. The van der Waals surface area contributed by atoms with Crippen molar-refractivity contribution >= 4 is 17.6 Å². The molecular weight excluding hydrogens is 254 g/mol. The smallest absolute Gasteiger partial charge is 0.319 e. The van der Waals surface area contributed by atoms with Crippen molar-refractivity contribution in [2.24, 2.45) is 0 Å². The lowest BCUT2D eigenvalue weighted by molar-refractivity contribution is 0.0962. The Morgan fingerprint density at radius 2 is 2.00 bits per heavy atom. The van der Waals surface area contributed by atoms with E-state index in [4.69, 9.17) is 0 Å². The summed E-state index contributed by atoms with van der Waals surface area (Å²) in [6.07, 6.45) is 1.96. The van der Waals surface area contributed by atoms with Crippen LogP contribution in [0.25, 0.3) is 0 Å². The molecule has 20 heavy (non-hydrogen) atoms. The standard InChI is InChI=1S/C15H23N3O2/c1-5-7-10(2)17-15(20)18-13-9-6-8-12(11(13)3)14(19)16-4/h6,8-10H,5,7H2,1-4H3,(H,16,19)(H2,17,18,20). The van der Waals surface area contributed by atoms with Gasteiger partial charge in [0.25, 0.3) is 5.91 Å². The maximum atomic E-state index is 11.9. The van der Waals surface area contributed by atoms with Gasteiger partial charge in [-0.2, -0.15) is 0 Å². The SMILES string of the molecule is CCCC(C)NC(=O)Nc1cccc(C(=O)NC)c1C. The van der Waals surface area contributed by atoms with Crippen molar-refractivity contribution in [3.63, 3.8) is 0 Å². The fourth-order valence-electron chi connectivity index (χ4n) is 2.04. The van der Waals surface area contributed by atoms with Crippen molar-refractivity contribution in [2.75, 3.05) is 12.4 Å². The van der Waals surface area contributed by atoms with Gasteiger partial charge in [0.1, 0.15) is 0 Å². The van der Waals surface area contributed by atoms with E-state index in [2.05, 4.69) is 22.9 Å². The number of rotatable bonds is 5. The van der Waals surface area contributed by atoms with Gasteiger partial charge in [0.2, 0.25) is 0 Å². The zero-order valence-corrected chi connectivity index (χ0v) is 12.5. The first-order valence-corrected chi connectivity index (χ1v) is 6.88. The van der Waals surface area contributed by atoms with Gasteiger partial charge in [-0.15, -0.1) is 0 Å². The molecule has 0 saturated heterocycles. The van der Waals surface area contributed by atoms with Gasteiger partial charge in [0.05, 0.1) is 0 Å². The van der Waals surface area contributed by atoms with Crippen LogP contribution in [0, 0.1) is 6.92 Å². The second-order valence-electron chi connectivity index (χ2n) is 4.85. The van der Waals surface area contributed by atoms with Crippen LogP contribution in [0.5, 0.6) is 0 Å². The summed E-state index contributed by atoms with van der Waals surface area (Å²) in [5.74, 6) is -0.161. The molecule has 0 saturated carbocycles. The fraction of sp³-hybridized carbons (Fsp3) is 0.467. The lowest BCUT2D eigenvalue weighted by atomic mass is 10.1. The molecule has 110 valence electrons. The largest absolute Gasteiger partial charge is 0.355 e. The van der Waals surface area contributed by atoms with E-state index < -0.39 is 0 Å². The van der Waals surface area contributed by atoms with Gasteiger partial charge in [-0.3, -0.25) is 4.79 Å². The van der Waals surface area contributed by atoms with Gasteiger partial charge in [-0.1, -0.05) is 19.4 Å². The summed E-state index contributed by atoms with van der Waals surface area (Å²) in [5, 5.41) is 8.24. The number of nitrogens with one attached hydrogen (secondary N) is 3. The summed E-state index contributed by atoms with van der Waals surface area (Å²) >= 11 is 0. The highest BCUT2D eigenvalue weighted by atomic mass is 16.2. The first kappa shape index (κ1) is 16.0. The molecule has 0 heterocycles. The van der Waals surface area contributed by atoms with Crippen LogP contribution in [-0.2, 0) is 0 Å². The molecule has 0 bridgehead atoms. The Bertz CT molecular complexity index is 486. The number of carbonyl (C=O) groups excluding carboxylic acids is 2. The van der Waals surface area contributed by atoms with Gasteiger partial charge >= 0.3 is 6.03 Å². The van der Waals surface area contributed by atoms with E-state index in [0.717, 1.165) is 18.4 Å². The fourth-order valence-corrected chi connectivity index (χ4v) is 2.04. The monoisotopic (exact) mass is 277 g/mol. The van der Waals surface area contributed by atoms with Crippen LogP contribution in [0.4, 0.5) is 10.5 Å². The van der Waals surface area contributed by atoms with E-state index in [0.29, 0.717) is 11.3 Å². The van der Waals surface area contributed by atoms with Crippen LogP contribution in [0.3, 0.4) is 0 Å². The van der Waals surface area contributed by atoms with E-state index in [1.165, 1.54) is 0 Å². The van der Waals surface area contributed by atoms with Crippen molar-refractivity contribution in [1.29, 1.82) is 0 Å². The topological polar surface area (TPSA) is 70.2 Å². The van der Waals surface area contributed by atoms with Crippen molar-refractivity contribution in [3.8, 4) is 0 Å². The highest BCUT2D eigenvalue weighted by molar-refractivity contribution is 5.98. The number of benzene rings is 1. The van der Waals surface area contributed by atoms with Crippen LogP contribution < -0.4 is 16.0 Å². The maximum Gasteiger partial charge on any atom is 0.319 e. The third-order valence-electron chi connectivity index (χ3n) is 3.15. The summed E-state index contributed by atoms with van der Waals surface area (Å²) < 4.78 is 0. The number of urea groups is 1. The molecule has 5 nitrogen and oxygen atoms in total. The van der Waals surface area contributed by atoms with Gasteiger partial charge in [0.15, 0.2) is 0 Å². The Balaban J connectivity index is 2.78. The minimum Gasteiger partial charge on any atom is -0.355 e. The predicted octanol–water partition coefficient (Wildman–Crippen LogP) is 2.66. The van der Waals surface area contributed by atoms with E-state index >= 15 is 0 Å². The average Bonchev–Trinajstić information content (AvgIpc) is 2.40. The second kappa shape index (κ2) is 7.53. The summed E-state index contributed by atoms with van der Waals surface area (Å²) in [7, 11) is 1.58. The van der Waals surface area contributed by atoms with Crippen molar-refractivity contribution in [3.05, 3.63) is 29.3 Å². The van der Waals surface area contributed by atoms with Crippen LogP contribution in [0.15, 0.2) is 18.2 Å². The molecule has 0 aliphatic heterocycles. The van der Waals surface area contributed by atoms with Crippen molar-refractivity contribution in [2.45, 2.75) is 39.7 Å². The number of anilines is 1. The normalized spacial score (nSPS) is 11.6. The van der Waals surface area contributed by atoms with Gasteiger partial charge < -0.3 is 16.0 Å². The highest BCUT2D eigenvalue weighted by Gasteiger charge is 2.12. The lowest BCUT2D eigenvalue weighted by Gasteiger charge is -2.15. The third kappa shape index (κ3) is 4.26. The Hall–Kier alpha value is -2.04. The second-order valence-corrected chi connectivity index (χ2v) is 4.85. The van der Waals surface area contributed by atoms with Crippen LogP contribution in [0.1, 0.15) is 42.6 Å². The quantitative estimate of drug-likeness (QED) is 0.774. The molecule has 1 rings (SSSR count). The van der Waals surface area contributed by atoms with Crippen molar-refractivity contribution in [1.82, 2.24) is 10.6 Å². The predicted molar refractivity (Wildman–Crippen MR) is 81.1 cm³/mol. The summed E-state index contributed by atoms with van der Waals surface area (Å²) in [5.41, 5.74) is 1.96. The zero-order chi connectivity index (χ0) is 15.1. The number of amides is 3. The number of carbonyl (C=O) groups is 2. The van der Waals surface area contributed by atoms with E-state index in [1.807, 2.05) is 13.8 Å². The molecule has 1 aromatic carbocycles. The Kier molecular flexibility index (Phi) is 6.03. The third-order valence-corrected chi connectivity index (χ3v) is 3.15. The number of hydrogen-bond acceptors (Lipinski definition) is 2. The first-order valence-electron chi connectivity index (χ1n) is 6.88. The maximum absolute atomic E-state index is 11.9. The van der Waals surface area contributed by atoms with Crippen LogP contribution in [0.2, 0.25) is 0 Å². The summed E-state index contributed by atoms with van der Waals surface area (Å²) in [6.45, 7) is 5.86. The van der Waals surface area contributed by atoms with E-state index in [1.54, 1.807) is 25.2 Å². The van der Waals surface area contributed by atoms with E-state index in [-0.39, 0.29) is 18.0 Å². The van der Waals surface area contributed by atoms with Crippen LogP contribution in [-0.4, -0.2) is 25.0 Å². The molecule has 1 unspecified atom stereocenters. The molecule has 0 aliphatic carbocycles. The van der Waals surface area contributed by atoms with E-state index in [9.17, 15) is 9.59 Å². The molecule has 0 aliphatic rings. The molecular formula is C15H23N3O2. The molecule has 1 atom stereocenters. The van der Waals surface area contributed by atoms with Crippen molar-refractivity contribution < 1.29 is 9.59 Å². The molecule has 1 aromatic rings. The molecule has 3 N–H and O–H groups in total. The first-order chi connectivity index (χ1) is 9.49. The minimum atomic E-state index is -0.247. The van der Waals surface area contributed by atoms with Gasteiger partial charge in [-0.25, -0.2) is 4.79 Å². The Morgan fingerprint density at radius 1 is 1.30 bits per heavy atom. The summed E-state index contributed by atoms with van der Waals surface area (Å²) in [4.78, 5) is 23.6. The van der Waals surface area contributed by atoms with Gasteiger partial charge in [-0.05, 0) is 38.0 Å². The Morgan fingerprint density at radius 3 is 2.60 bits per heavy atom. The molecule has 3 amide bonds. The molecule has 0 radical (unpaired) electrons. The average molecular weight is 277 g/mol. The Labute approximate surface area is 120 Å². The van der Waals surface area contributed by atoms with Crippen LogP contribution >= 0.6 is 0 Å². The number of hydrogen-bond donors (Lipinski definition) is 3. The lowest BCUT2D eigenvalue weighted by Crippen LogP contribution is -2.36. The molecule has 0 spiro atoms. The zero-order valence-electron chi connectivity index (χ0n) is 12.5. The highest BCUT2D eigenvalue weighted by Crippen LogP contribution is 2.18. The molecule has 5 heteroatoms. The summed E-state index contributed by atoms with van der Waals surface area (Å²) in [6, 6.07) is 5.15. The molecule has 0 fully saturated rings. The van der Waals surface area contributed by atoms with Gasteiger partial charge in [0, 0.05) is 24.3 Å². The minimum absolute atomic E-state index is 0.127.